The van der Waals surface area contributed by atoms with Gasteiger partial charge in [-0.2, -0.15) is 0 Å². The first-order valence-corrected chi connectivity index (χ1v) is 8.75. The molecule has 3 nitrogen and oxygen atoms in total. The standard InChI is InChI=1S/C17H23BrN2O/c18-15-3-1-2-14(10-15)11-17(21)20-8-6-16(7-9-20)19-12-13-4-5-13/h1-3,10,13,16,19H,4-9,11-12H2. The fraction of sp³-hybridized carbons (Fsp3) is 0.588. The van der Waals surface area contributed by atoms with Gasteiger partial charge in [0, 0.05) is 23.6 Å². The van der Waals surface area contributed by atoms with Crippen LogP contribution in [0.2, 0.25) is 0 Å². The van der Waals surface area contributed by atoms with Gasteiger partial charge in [-0.15, -0.1) is 0 Å². The lowest BCUT2D eigenvalue weighted by Crippen LogP contribution is -2.45. The highest BCUT2D eigenvalue weighted by Gasteiger charge is 2.25. The molecule has 114 valence electrons. The van der Waals surface area contributed by atoms with Crippen LogP contribution in [0.3, 0.4) is 0 Å². The van der Waals surface area contributed by atoms with Crippen LogP contribution in [0.1, 0.15) is 31.2 Å². The second-order valence-electron chi connectivity index (χ2n) is 6.31. The maximum absolute atomic E-state index is 12.4. The predicted octanol–water partition coefficient (Wildman–Crippen LogP) is 2.98. The second-order valence-corrected chi connectivity index (χ2v) is 7.23. The predicted molar refractivity (Wildman–Crippen MR) is 88.2 cm³/mol. The van der Waals surface area contributed by atoms with Crippen LogP contribution in [0.4, 0.5) is 0 Å². The maximum atomic E-state index is 12.4. The monoisotopic (exact) mass is 350 g/mol. The van der Waals surface area contributed by atoms with Gasteiger partial charge < -0.3 is 10.2 Å². The van der Waals surface area contributed by atoms with E-state index >= 15 is 0 Å². The number of carbonyl (C=O) groups is 1. The number of hydrogen-bond donors (Lipinski definition) is 1. The lowest BCUT2D eigenvalue weighted by Gasteiger charge is -2.32. The number of halogens is 1. The molecule has 0 atom stereocenters. The molecule has 1 N–H and O–H groups in total. The van der Waals surface area contributed by atoms with Gasteiger partial charge in [0.05, 0.1) is 6.42 Å². The van der Waals surface area contributed by atoms with Crippen LogP contribution in [0, 0.1) is 5.92 Å². The first kappa shape index (κ1) is 15.0. The van der Waals surface area contributed by atoms with E-state index in [0.29, 0.717) is 12.5 Å². The second kappa shape index (κ2) is 6.93. The Morgan fingerprint density at radius 1 is 1.24 bits per heavy atom. The average molecular weight is 351 g/mol. The SMILES string of the molecule is O=C(Cc1cccc(Br)c1)N1CCC(NCC2CC2)CC1. The molecule has 0 unspecified atom stereocenters. The minimum Gasteiger partial charge on any atom is -0.342 e. The average Bonchev–Trinajstić information content (AvgIpc) is 3.30. The lowest BCUT2D eigenvalue weighted by molar-refractivity contribution is -0.131. The molecule has 1 amide bonds. The van der Waals surface area contributed by atoms with Crippen LogP contribution in [0.25, 0.3) is 0 Å². The Morgan fingerprint density at radius 2 is 2.00 bits per heavy atom. The van der Waals surface area contributed by atoms with E-state index in [1.54, 1.807) is 0 Å². The fourth-order valence-electron chi connectivity index (χ4n) is 2.92. The summed E-state index contributed by atoms with van der Waals surface area (Å²) >= 11 is 3.46. The van der Waals surface area contributed by atoms with Crippen LogP contribution in [-0.4, -0.2) is 36.5 Å². The molecule has 0 bridgehead atoms. The van der Waals surface area contributed by atoms with E-state index in [-0.39, 0.29) is 5.91 Å². The van der Waals surface area contributed by atoms with Gasteiger partial charge in [-0.05, 0) is 55.8 Å². The first-order valence-electron chi connectivity index (χ1n) is 7.96. The summed E-state index contributed by atoms with van der Waals surface area (Å²) in [5, 5.41) is 3.66. The molecule has 1 saturated heterocycles. The summed E-state index contributed by atoms with van der Waals surface area (Å²) in [4.78, 5) is 14.4. The minimum atomic E-state index is 0.258. The Labute approximate surface area is 135 Å². The van der Waals surface area contributed by atoms with Crippen LogP contribution in [-0.2, 0) is 11.2 Å². The number of amides is 1. The molecule has 1 saturated carbocycles. The summed E-state index contributed by atoms with van der Waals surface area (Å²) in [5.41, 5.74) is 1.09. The highest BCUT2D eigenvalue weighted by molar-refractivity contribution is 9.10. The van der Waals surface area contributed by atoms with Crippen molar-refractivity contribution in [3.63, 3.8) is 0 Å². The summed E-state index contributed by atoms with van der Waals surface area (Å²) in [5.74, 6) is 1.19. The number of hydrogen-bond acceptors (Lipinski definition) is 2. The van der Waals surface area contributed by atoms with Crippen molar-refractivity contribution in [3.05, 3.63) is 34.3 Å². The molecule has 1 aliphatic carbocycles. The number of nitrogens with zero attached hydrogens (tertiary/aromatic N) is 1. The molecule has 0 aromatic heterocycles. The van der Waals surface area contributed by atoms with E-state index in [0.717, 1.165) is 41.9 Å². The van der Waals surface area contributed by atoms with Crippen molar-refractivity contribution in [1.29, 1.82) is 0 Å². The highest BCUT2D eigenvalue weighted by atomic mass is 79.9. The van der Waals surface area contributed by atoms with Crippen LogP contribution < -0.4 is 5.32 Å². The number of benzene rings is 1. The number of piperidine rings is 1. The Morgan fingerprint density at radius 3 is 2.67 bits per heavy atom. The molecule has 1 heterocycles. The molecule has 3 rings (SSSR count). The molecular formula is C17H23BrN2O. The molecule has 4 heteroatoms. The zero-order valence-corrected chi connectivity index (χ0v) is 13.9. The van der Waals surface area contributed by atoms with Crippen LogP contribution >= 0.6 is 15.9 Å². The Hall–Kier alpha value is -0.870. The third-order valence-corrected chi connectivity index (χ3v) is 4.98. The van der Waals surface area contributed by atoms with Crippen molar-refractivity contribution < 1.29 is 4.79 Å². The molecule has 1 aliphatic heterocycles. The third kappa shape index (κ3) is 4.55. The van der Waals surface area contributed by atoms with Gasteiger partial charge in [-0.25, -0.2) is 0 Å². The number of rotatable bonds is 5. The molecule has 0 radical (unpaired) electrons. The van der Waals surface area contributed by atoms with Crippen molar-refractivity contribution in [3.8, 4) is 0 Å². The van der Waals surface area contributed by atoms with E-state index in [4.69, 9.17) is 0 Å². The van der Waals surface area contributed by atoms with E-state index in [9.17, 15) is 4.79 Å². The number of likely N-dealkylation sites (tertiary alicyclic amines) is 1. The molecule has 21 heavy (non-hydrogen) atoms. The van der Waals surface area contributed by atoms with Crippen molar-refractivity contribution in [1.82, 2.24) is 10.2 Å². The molecule has 0 spiro atoms. The zero-order valence-electron chi connectivity index (χ0n) is 12.4. The topological polar surface area (TPSA) is 32.3 Å². The Balaban J connectivity index is 1.43. The molecule has 2 fully saturated rings. The van der Waals surface area contributed by atoms with Crippen molar-refractivity contribution >= 4 is 21.8 Å². The summed E-state index contributed by atoms with van der Waals surface area (Å²) in [7, 11) is 0. The normalized spacial score (nSPS) is 19.8. The molecule has 1 aromatic rings. The van der Waals surface area contributed by atoms with Crippen molar-refractivity contribution in [2.75, 3.05) is 19.6 Å². The maximum Gasteiger partial charge on any atom is 0.226 e. The first-order chi connectivity index (χ1) is 10.2. The highest BCUT2D eigenvalue weighted by Crippen LogP contribution is 2.28. The fourth-order valence-corrected chi connectivity index (χ4v) is 3.37. The van der Waals surface area contributed by atoms with Gasteiger partial charge in [0.1, 0.15) is 0 Å². The smallest absolute Gasteiger partial charge is 0.226 e. The third-order valence-electron chi connectivity index (χ3n) is 4.48. The minimum absolute atomic E-state index is 0.258. The Kier molecular flexibility index (Phi) is 4.96. The van der Waals surface area contributed by atoms with Gasteiger partial charge in [0.2, 0.25) is 5.91 Å². The van der Waals surface area contributed by atoms with Gasteiger partial charge >= 0.3 is 0 Å². The quantitative estimate of drug-likeness (QED) is 0.885. The van der Waals surface area contributed by atoms with Crippen LogP contribution in [0.15, 0.2) is 28.7 Å². The summed E-state index contributed by atoms with van der Waals surface area (Å²) in [6.07, 6.45) is 5.50. The van der Waals surface area contributed by atoms with Crippen molar-refractivity contribution in [2.24, 2.45) is 5.92 Å². The largest absolute Gasteiger partial charge is 0.342 e. The van der Waals surface area contributed by atoms with E-state index in [2.05, 4.69) is 21.2 Å². The van der Waals surface area contributed by atoms with Gasteiger partial charge in [-0.1, -0.05) is 28.1 Å². The summed E-state index contributed by atoms with van der Waals surface area (Å²) in [6.45, 7) is 2.97. The molecule has 1 aromatic carbocycles. The van der Waals surface area contributed by atoms with Gasteiger partial charge in [0.25, 0.3) is 0 Å². The van der Waals surface area contributed by atoms with Crippen molar-refractivity contribution in [2.45, 2.75) is 38.1 Å². The zero-order chi connectivity index (χ0) is 14.7. The lowest BCUT2D eigenvalue weighted by atomic mass is 10.0. The van der Waals surface area contributed by atoms with E-state index < -0.39 is 0 Å². The summed E-state index contributed by atoms with van der Waals surface area (Å²) < 4.78 is 1.04. The molecular weight excluding hydrogens is 328 g/mol. The van der Waals surface area contributed by atoms with Gasteiger partial charge in [0.15, 0.2) is 0 Å². The van der Waals surface area contributed by atoms with E-state index in [1.807, 2.05) is 29.2 Å². The van der Waals surface area contributed by atoms with E-state index in [1.165, 1.54) is 19.4 Å². The van der Waals surface area contributed by atoms with Gasteiger partial charge in [-0.3, -0.25) is 4.79 Å². The molecule has 2 aliphatic rings. The van der Waals surface area contributed by atoms with Crippen LogP contribution in [0.5, 0.6) is 0 Å². The Bertz CT molecular complexity index is 493. The number of carbonyl (C=O) groups excluding carboxylic acids is 1. The summed E-state index contributed by atoms with van der Waals surface area (Å²) in [6, 6.07) is 8.64. The number of nitrogens with one attached hydrogen (secondary N) is 1.